The molecule has 0 aromatic rings. The van der Waals surface area contributed by atoms with Crippen molar-refractivity contribution in [1.29, 1.82) is 0 Å². The van der Waals surface area contributed by atoms with Gasteiger partial charge in [0.05, 0.1) is 18.8 Å². The number of ether oxygens (including phenoxy) is 2. The van der Waals surface area contributed by atoms with Gasteiger partial charge in [0.2, 0.25) is 0 Å². The predicted octanol–water partition coefficient (Wildman–Crippen LogP) is 0.710. The highest BCUT2D eigenvalue weighted by atomic mass is 16.6. The molecule has 0 radical (unpaired) electrons. The molecule has 1 aliphatic heterocycles. The highest BCUT2D eigenvalue weighted by Crippen LogP contribution is 2.23. The van der Waals surface area contributed by atoms with E-state index in [-0.39, 0.29) is 6.61 Å². The van der Waals surface area contributed by atoms with Crippen molar-refractivity contribution in [3.8, 4) is 0 Å². The van der Waals surface area contributed by atoms with Gasteiger partial charge in [-0.25, -0.2) is 4.79 Å². The zero-order chi connectivity index (χ0) is 14.1. The minimum absolute atomic E-state index is 0.187. The Hall–Kier alpha value is -0.850. The Labute approximate surface area is 107 Å². The molecule has 0 saturated carbocycles. The number of aliphatic hydroxyl groups is 2. The maximum absolute atomic E-state index is 12.0. The van der Waals surface area contributed by atoms with Crippen molar-refractivity contribution >= 4 is 6.09 Å². The van der Waals surface area contributed by atoms with Crippen molar-refractivity contribution < 1.29 is 24.5 Å². The summed E-state index contributed by atoms with van der Waals surface area (Å²) >= 11 is 0. The molecule has 0 aliphatic carbocycles. The van der Waals surface area contributed by atoms with E-state index >= 15 is 0 Å². The third-order valence-electron chi connectivity index (χ3n) is 2.75. The molecular formula is C12H23NO5. The zero-order valence-electron chi connectivity index (χ0n) is 11.6. The van der Waals surface area contributed by atoms with Crippen LogP contribution in [0, 0.1) is 0 Å². The summed E-state index contributed by atoms with van der Waals surface area (Å²) in [7, 11) is 0. The minimum atomic E-state index is -1.05. The molecule has 0 spiro atoms. The number of amides is 1. The van der Waals surface area contributed by atoms with E-state index < -0.39 is 36.2 Å². The molecular weight excluding hydrogens is 238 g/mol. The van der Waals surface area contributed by atoms with Gasteiger partial charge in [0, 0.05) is 0 Å². The fourth-order valence-electron chi connectivity index (χ4n) is 1.85. The van der Waals surface area contributed by atoms with Crippen LogP contribution in [0.3, 0.4) is 0 Å². The first-order chi connectivity index (χ1) is 8.13. The van der Waals surface area contributed by atoms with Crippen LogP contribution < -0.4 is 0 Å². The first-order valence-corrected chi connectivity index (χ1v) is 6.12. The topological polar surface area (TPSA) is 79.2 Å². The summed E-state index contributed by atoms with van der Waals surface area (Å²) < 4.78 is 10.6. The van der Waals surface area contributed by atoms with Gasteiger partial charge in [-0.2, -0.15) is 0 Å². The number of carbonyl (C=O) groups excluding carboxylic acids is 1. The van der Waals surface area contributed by atoms with Crippen LogP contribution in [0.15, 0.2) is 0 Å². The minimum Gasteiger partial charge on any atom is -0.444 e. The number of aliphatic hydroxyl groups excluding tert-OH is 2. The highest BCUT2D eigenvalue weighted by Gasteiger charge is 2.42. The Balaban J connectivity index is 2.79. The normalized spacial score (nSPS) is 28.1. The molecule has 6 nitrogen and oxygen atoms in total. The van der Waals surface area contributed by atoms with Crippen LogP contribution in [0.2, 0.25) is 0 Å². The molecule has 1 saturated heterocycles. The third-order valence-corrected chi connectivity index (χ3v) is 2.75. The third kappa shape index (κ3) is 3.57. The monoisotopic (exact) mass is 261 g/mol. The number of hydrogen-bond acceptors (Lipinski definition) is 5. The summed E-state index contributed by atoms with van der Waals surface area (Å²) in [5, 5.41) is 19.3. The molecule has 1 aliphatic rings. The van der Waals surface area contributed by atoms with Crippen LogP contribution in [0.4, 0.5) is 4.79 Å². The van der Waals surface area contributed by atoms with Gasteiger partial charge in [-0.05, 0) is 34.6 Å². The van der Waals surface area contributed by atoms with Gasteiger partial charge in [0.1, 0.15) is 17.9 Å². The van der Waals surface area contributed by atoms with E-state index in [0.29, 0.717) is 0 Å². The van der Waals surface area contributed by atoms with Crippen molar-refractivity contribution in [2.75, 3.05) is 6.61 Å². The van der Waals surface area contributed by atoms with E-state index in [9.17, 15) is 15.0 Å². The molecule has 0 aromatic carbocycles. The van der Waals surface area contributed by atoms with E-state index in [1.807, 2.05) is 0 Å². The van der Waals surface area contributed by atoms with Gasteiger partial charge >= 0.3 is 6.09 Å². The molecule has 1 heterocycles. The van der Waals surface area contributed by atoms with Crippen LogP contribution in [0.1, 0.15) is 34.6 Å². The number of nitrogens with zero attached hydrogens (tertiary/aromatic N) is 1. The smallest absolute Gasteiger partial charge is 0.412 e. The van der Waals surface area contributed by atoms with Crippen molar-refractivity contribution in [2.45, 2.75) is 64.7 Å². The molecule has 18 heavy (non-hydrogen) atoms. The first kappa shape index (κ1) is 15.2. The zero-order valence-corrected chi connectivity index (χ0v) is 11.6. The highest BCUT2D eigenvalue weighted by molar-refractivity contribution is 5.69. The van der Waals surface area contributed by atoms with E-state index in [1.165, 1.54) is 11.8 Å². The Morgan fingerprint density at radius 3 is 2.44 bits per heavy atom. The van der Waals surface area contributed by atoms with E-state index in [4.69, 9.17) is 9.47 Å². The van der Waals surface area contributed by atoms with E-state index in [0.717, 1.165) is 0 Å². The number of rotatable bonds is 2. The van der Waals surface area contributed by atoms with E-state index in [2.05, 4.69) is 0 Å². The van der Waals surface area contributed by atoms with Crippen LogP contribution in [-0.4, -0.2) is 57.9 Å². The summed E-state index contributed by atoms with van der Waals surface area (Å²) in [6.07, 6.45) is -3.01. The molecule has 0 aromatic heterocycles. The summed E-state index contributed by atoms with van der Waals surface area (Å²) in [4.78, 5) is 13.4. The standard InChI is InChI=1S/C12H23NO5/c1-7(14)10(15)9-6-17-8(2)13(9)11(16)18-12(3,4)5/h7-10,14-15H,6H2,1-5H3/t7-,8?,9+,10-/m1/s1. The molecule has 1 rings (SSSR count). The van der Waals surface area contributed by atoms with Gasteiger partial charge < -0.3 is 19.7 Å². The Bertz CT molecular complexity index is 299. The number of hydrogen-bond donors (Lipinski definition) is 2. The Kier molecular flexibility index (Phi) is 4.58. The second-order valence-corrected chi connectivity index (χ2v) is 5.62. The average molecular weight is 261 g/mol. The van der Waals surface area contributed by atoms with Crippen molar-refractivity contribution in [3.05, 3.63) is 0 Å². The molecule has 1 unspecified atom stereocenters. The van der Waals surface area contributed by atoms with Crippen LogP contribution in [-0.2, 0) is 9.47 Å². The Morgan fingerprint density at radius 1 is 1.44 bits per heavy atom. The largest absolute Gasteiger partial charge is 0.444 e. The maximum Gasteiger partial charge on any atom is 0.412 e. The summed E-state index contributed by atoms with van der Waals surface area (Å²) in [6, 6.07) is -0.588. The van der Waals surface area contributed by atoms with Gasteiger partial charge in [0.15, 0.2) is 0 Å². The van der Waals surface area contributed by atoms with Crippen LogP contribution >= 0.6 is 0 Å². The SMILES string of the molecule is CC1OC[C@@H]([C@H](O)[C@@H](C)O)N1C(=O)OC(C)(C)C. The fraction of sp³-hybridized carbons (Fsp3) is 0.917. The summed E-state index contributed by atoms with van der Waals surface area (Å²) in [5.41, 5.74) is -0.611. The quantitative estimate of drug-likeness (QED) is 0.765. The van der Waals surface area contributed by atoms with Gasteiger partial charge in [-0.3, -0.25) is 4.90 Å². The fourth-order valence-corrected chi connectivity index (χ4v) is 1.85. The molecule has 6 heteroatoms. The number of carbonyl (C=O) groups is 1. The van der Waals surface area contributed by atoms with Gasteiger partial charge in [-0.15, -0.1) is 0 Å². The second kappa shape index (κ2) is 5.42. The summed E-state index contributed by atoms with van der Waals surface area (Å²) in [6.45, 7) is 8.68. The summed E-state index contributed by atoms with van der Waals surface area (Å²) in [5.74, 6) is 0. The lowest BCUT2D eigenvalue weighted by Gasteiger charge is -2.32. The lowest BCUT2D eigenvalue weighted by Crippen LogP contribution is -2.51. The molecule has 0 bridgehead atoms. The van der Waals surface area contributed by atoms with Gasteiger partial charge in [0.25, 0.3) is 0 Å². The lowest BCUT2D eigenvalue weighted by molar-refractivity contribution is -0.0380. The van der Waals surface area contributed by atoms with Gasteiger partial charge in [-0.1, -0.05) is 0 Å². The second-order valence-electron chi connectivity index (χ2n) is 5.62. The van der Waals surface area contributed by atoms with Crippen LogP contribution in [0.25, 0.3) is 0 Å². The molecule has 4 atom stereocenters. The predicted molar refractivity (Wildman–Crippen MR) is 65.0 cm³/mol. The molecule has 2 N–H and O–H groups in total. The Morgan fingerprint density at radius 2 is 2.00 bits per heavy atom. The van der Waals surface area contributed by atoms with Crippen molar-refractivity contribution in [3.63, 3.8) is 0 Å². The average Bonchev–Trinajstić information content (AvgIpc) is 2.56. The van der Waals surface area contributed by atoms with Crippen molar-refractivity contribution in [1.82, 2.24) is 4.90 Å². The van der Waals surface area contributed by atoms with E-state index in [1.54, 1.807) is 27.7 Å². The molecule has 1 amide bonds. The maximum atomic E-state index is 12.0. The van der Waals surface area contributed by atoms with Crippen molar-refractivity contribution in [2.24, 2.45) is 0 Å². The van der Waals surface area contributed by atoms with Crippen LogP contribution in [0.5, 0.6) is 0 Å². The molecule has 106 valence electrons. The first-order valence-electron chi connectivity index (χ1n) is 6.12. The molecule has 1 fully saturated rings. The lowest BCUT2D eigenvalue weighted by atomic mass is 10.1.